The first kappa shape index (κ1) is 16.3. The highest BCUT2D eigenvalue weighted by atomic mass is 32.1. The summed E-state index contributed by atoms with van der Waals surface area (Å²) in [5.41, 5.74) is 3.38. The molecule has 0 aliphatic carbocycles. The molecule has 2 aromatic heterocycles. The van der Waals surface area contributed by atoms with Gasteiger partial charge in [-0.3, -0.25) is 4.79 Å². The number of hydrogen-bond acceptors (Lipinski definition) is 6. The number of carbonyl (C=O) groups excluding carboxylic acids is 2. The molecule has 0 spiro atoms. The SMILES string of the molecule is Cc1ccc(C(=O)COC(=O)c2ccc3nc(C)c(C)nc3c2)s1. The molecule has 0 radical (unpaired) electrons. The van der Waals surface area contributed by atoms with Gasteiger partial charge in [0.05, 0.1) is 32.9 Å². The van der Waals surface area contributed by atoms with Crippen molar-refractivity contribution in [1.29, 1.82) is 0 Å². The predicted molar refractivity (Wildman–Crippen MR) is 92.7 cm³/mol. The second-order valence-corrected chi connectivity index (χ2v) is 6.80. The van der Waals surface area contributed by atoms with Crippen molar-refractivity contribution in [1.82, 2.24) is 9.97 Å². The Balaban J connectivity index is 1.74. The van der Waals surface area contributed by atoms with Crippen LogP contribution in [-0.2, 0) is 4.74 Å². The van der Waals surface area contributed by atoms with Crippen LogP contribution in [0.1, 0.15) is 36.3 Å². The smallest absolute Gasteiger partial charge is 0.338 e. The van der Waals surface area contributed by atoms with Crippen LogP contribution in [0.25, 0.3) is 11.0 Å². The van der Waals surface area contributed by atoms with E-state index in [1.807, 2.05) is 26.8 Å². The molecule has 0 unspecified atom stereocenters. The number of Topliss-reactive ketones (excluding diaryl/α,β-unsaturated/α-hetero) is 1. The summed E-state index contributed by atoms with van der Waals surface area (Å²) in [5, 5.41) is 0. The number of rotatable bonds is 4. The molecule has 0 N–H and O–H groups in total. The van der Waals surface area contributed by atoms with Crippen molar-refractivity contribution >= 4 is 34.1 Å². The maximum absolute atomic E-state index is 12.2. The minimum absolute atomic E-state index is 0.200. The fraction of sp³-hybridized carbons (Fsp3) is 0.222. The first-order valence-electron chi connectivity index (χ1n) is 7.46. The quantitative estimate of drug-likeness (QED) is 0.535. The molecule has 2 heterocycles. The minimum Gasteiger partial charge on any atom is -0.454 e. The molecule has 0 atom stereocenters. The van der Waals surface area contributed by atoms with Crippen LogP contribution in [0.5, 0.6) is 0 Å². The van der Waals surface area contributed by atoms with Gasteiger partial charge in [0.1, 0.15) is 0 Å². The lowest BCUT2D eigenvalue weighted by Crippen LogP contribution is -2.13. The normalized spacial score (nSPS) is 10.8. The van der Waals surface area contributed by atoms with E-state index in [0.29, 0.717) is 16.0 Å². The van der Waals surface area contributed by atoms with Gasteiger partial charge in [0, 0.05) is 4.88 Å². The number of fused-ring (bicyclic) bond motifs is 1. The lowest BCUT2D eigenvalue weighted by molar-refractivity contribution is 0.0476. The predicted octanol–water partition coefficient (Wildman–Crippen LogP) is 3.66. The Morgan fingerprint density at radius 1 is 1.00 bits per heavy atom. The van der Waals surface area contributed by atoms with E-state index in [1.54, 1.807) is 24.3 Å². The number of ether oxygens (including phenoxy) is 1. The maximum atomic E-state index is 12.2. The van der Waals surface area contributed by atoms with Gasteiger partial charge in [0.25, 0.3) is 0 Å². The fourth-order valence-electron chi connectivity index (χ4n) is 2.23. The minimum atomic E-state index is -0.543. The number of aryl methyl sites for hydroxylation is 3. The Hall–Kier alpha value is -2.60. The van der Waals surface area contributed by atoms with Gasteiger partial charge >= 0.3 is 5.97 Å². The summed E-state index contributed by atoms with van der Waals surface area (Å²) >= 11 is 1.39. The monoisotopic (exact) mass is 340 g/mol. The van der Waals surface area contributed by atoms with Crippen molar-refractivity contribution in [3.63, 3.8) is 0 Å². The Labute approximate surface area is 143 Å². The van der Waals surface area contributed by atoms with Crippen LogP contribution in [0.2, 0.25) is 0 Å². The van der Waals surface area contributed by atoms with Gasteiger partial charge in [-0.05, 0) is 51.1 Å². The van der Waals surface area contributed by atoms with Gasteiger partial charge in [-0.1, -0.05) is 0 Å². The summed E-state index contributed by atoms with van der Waals surface area (Å²) in [6.07, 6.45) is 0. The van der Waals surface area contributed by atoms with Gasteiger partial charge < -0.3 is 4.74 Å². The average Bonchev–Trinajstić information content (AvgIpc) is 2.99. The van der Waals surface area contributed by atoms with E-state index in [0.717, 1.165) is 21.8 Å². The summed E-state index contributed by atoms with van der Waals surface area (Å²) in [5.74, 6) is -0.743. The largest absolute Gasteiger partial charge is 0.454 e. The van der Waals surface area contributed by atoms with E-state index in [2.05, 4.69) is 9.97 Å². The van der Waals surface area contributed by atoms with Gasteiger partial charge in [-0.25, -0.2) is 14.8 Å². The summed E-state index contributed by atoms with van der Waals surface area (Å²) < 4.78 is 5.13. The third-order valence-electron chi connectivity index (χ3n) is 3.66. The molecule has 122 valence electrons. The van der Waals surface area contributed by atoms with Gasteiger partial charge in [0.2, 0.25) is 5.78 Å². The molecule has 0 aliphatic heterocycles. The van der Waals surface area contributed by atoms with E-state index in [4.69, 9.17) is 4.74 Å². The van der Waals surface area contributed by atoms with Crippen molar-refractivity contribution in [2.45, 2.75) is 20.8 Å². The molecular formula is C18H16N2O3S. The number of hydrogen-bond donors (Lipinski definition) is 0. The second kappa shape index (κ2) is 6.49. The first-order valence-corrected chi connectivity index (χ1v) is 8.27. The highest BCUT2D eigenvalue weighted by molar-refractivity contribution is 7.14. The highest BCUT2D eigenvalue weighted by Gasteiger charge is 2.14. The van der Waals surface area contributed by atoms with E-state index in [9.17, 15) is 9.59 Å². The van der Waals surface area contributed by atoms with Gasteiger partial charge in [-0.2, -0.15) is 0 Å². The summed E-state index contributed by atoms with van der Waals surface area (Å²) in [7, 11) is 0. The van der Waals surface area contributed by atoms with E-state index >= 15 is 0 Å². The van der Waals surface area contributed by atoms with Crippen LogP contribution in [0.15, 0.2) is 30.3 Å². The van der Waals surface area contributed by atoms with E-state index < -0.39 is 5.97 Å². The molecule has 1 aromatic carbocycles. The van der Waals surface area contributed by atoms with Crippen LogP contribution in [0.3, 0.4) is 0 Å². The number of ketones is 1. The molecule has 0 amide bonds. The molecule has 0 saturated carbocycles. The van der Waals surface area contributed by atoms with E-state index in [1.165, 1.54) is 11.3 Å². The molecule has 0 bridgehead atoms. The molecule has 0 aliphatic rings. The summed E-state index contributed by atoms with van der Waals surface area (Å²) in [4.78, 5) is 34.7. The molecule has 3 rings (SSSR count). The number of carbonyl (C=O) groups is 2. The Kier molecular flexibility index (Phi) is 4.40. The molecule has 5 nitrogen and oxygen atoms in total. The van der Waals surface area contributed by atoms with Crippen LogP contribution >= 0.6 is 11.3 Å². The van der Waals surface area contributed by atoms with Crippen molar-refractivity contribution < 1.29 is 14.3 Å². The van der Waals surface area contributed by atoms with Gasteiger partial charge in [0.15, 0.2) is 6.61 Å². The second-order valence-electron chi connectivity index (χ2n) is 5.51. The van der Waals surface area contributed by atoms with Crippen LogP contribution in [0.4, 0.5) is 0 Å². The Morgan fingerprint density at radius 3 is 2.38 bits per heavy atom. The van der Waals surface area contributed by atoms with Crippen LogP contribution < -0.4 is 0 Å². The van der Waals surface area contributed by atoms with Crippen molar-refractivity contribution in [3.8, 4) is 0 Å². The Morgan fingerprint density at radius 2 is 1.71 bits per heavy atom. The third kappa shape index (κ3) is 3.33. The zero-order chi connectivity index (χ0) is 17.3. The number of thiophene rings is 1. The number of esters is 1. The summed E-state index contributed by atoms with van der Waals surface area (Å²) in [6.45, 7) is 5.42. The lowest BCUT2D eigenvalue weighted by Gasteiger charge is -2.06. The molecule has 24 heavy (non-hydrogen) atoms. The molecule has 6 heteroatoms. The topological polar surface area (TPSA) is 69.2 Å². The average molecular weight is 340 g/mol. The third-order valence-corrected chi connectivity index (χ3v) is 4.70. The highest BCUT2D eigenvalue weighted by Crippen LogP contribution is 2.17. The maximum Gasteiger partial charge on any atom is 0.338 e. The molecule has 0 fully saturated rings. The molecular weight excluding hydrogens is 324 g/mol. The zero-order valence-corrected chi connectivity index (χ0v) is 14.4. The Bertz CT molecular complexity index is 947. The molecule has 3 aromatic rings. The molecule has 0 saturated heterocycles. The van der Waals surface area contributed by atoms with Crippen molar-refractivity contribution in [2.24, 2.45) is 0 Å². The standard InChI is InChI=1S/C18H16N2O3S/c1-10-4-7-17(24-10)16(21)9-23-18(22)13-5-6-14-15(8-13)20-12(3)11(2)19-14/h4-8H,9H2,1-3H3. The number of nitrogens with zero attached hydrogens (tertiary/aromatic N) is 2. The van der Waals surface area contributed by atoms with E-state index in [-0.39, 0.29) is 12.4 Å². The number of benzene rings is 1. The first-order chi connectivity index (χ1) is 11.4. The zero-order valence-electron chi connectivity index (χ0n) is 13.6. The van der Waals surface area contributed by atoms with Gasteiger partial charge in [-0.15, -0.1) is 11.3 Å². The summed E-state index contributed by atoms with van der Waals surface area (Å²) in [6, 6.07) is 8.61. The van der Waals surface area contributed by atoms with Crippen LogP contribution in [-0.4, -0.2) is 28.3 Å². The van der Waals surface area contributed by atoms with Crippen molar-refractivity contribution in [2.75, 3.05) is 6.61 Å². The van der Waals surface area contributed by atoms with Crippen molar-refractivity contribution in [3.05, 3.63) is 57.0 Å². The number of aromatic nitrogens is 2. The fourth-order valence-corrected chi connectivity index (χ4v) is 3.02. The lowest BCUT2D eigenvalue weighted by atomic mass is 10.2. The van der Waals surface area contributed by atoms with Crippen LogP contribution in [0, 0.1) is 20.8 Å².